The fourth-order valence-corrected chi connectivity index (χ4v) is 3.68. The van der Waals surface area contributed by atoms with Gasteiger partial charge in [-0.2, -0.15) is 13.2 Å². The van der Waals surface area contributed by atoms with E-state index in [4.69, 9.17) is 4.74 Å². The smallest absolute Gasteiger partial charge is 0.418 e. The molecule has 0 saturated carbocycles. The van der Waals surface area contributed by atoms with Gasteiger partial charge in [-0.15, -0.1) is 11.8 Å². The van der Waals surface area contributed by atoms with E-state index in [1.165, 1.54) is 30.0 Å². The summed E-state index contributed by atoms with van der Waals surface area (Å²) in [6.45, 7) is 1.46. The number of carbonyl (C=O) groups excluding carboxylic acids is 2. The molecule has 0 radical (unpaired) electrons. The van der Waals surface area contributed by atoms with Crippen LogP contribution in [0, 0.1) is 0 Å². The summed E-state index contributed by atoms with van der Waals surface area (Å²) in [7, 11) is 0. The molecule has 0 fully saturated rings. The number of halogens is 3. The summed E-state index contributed by atoms with van der Waals surface area (Å²) in [4.78, 5) is 25.2. The van der Waals surface area contributed by atoms with Gasteiger partial charge in [0.25, 0.3) is 5.91 Å². The second-order valence-corrected chi connectivity index (χ2v) is 8.38. The highest BCUT2D eigenvalue weighted by molar-refractivity contribution is 8.00. The molecular weight excluding hydrogens is 453 g/mol. The number of rotatable bonds is 8. The van der Waals surface area contributed by atoms with Crippen LogP contribution in [-0.2, 0) is 15.8 Å². The molecule has 0 aliphatic carbocycles. The number of anilines is 2. The number of para-hydroxylation sites is 2. The van der Waals surface area contributed by atoms with Gasteiger partial charge in [-0.3, -0.25) is 9.59 Å². The standard InChI is InChI=1S/C24H21F3N2O3S/c1-16(23(31)29-21-10-6-5-9-20(21)24(25,26)27)33-19-13-11-17(12-14-19)28-22(30)15-32-18-7-3-2-4-8-18/h2-14,16H,15H2,1H3,(H,28,30)(H,29,31). The molecule has 3 rings (SSSR count). The zero-order valence-electron chi connectivity index (χ0n) is 17.6. The van der Waals surface area contributed by atoms with Crippen LogP contribution < -0.4 is 15.4 Å². The van der Waals surface area contributed by atoms with Crippen LogP contribution in [0.3, 0.4) is 0 Å². The van der Waals surface area contributed by atoms with Crippen molar-refractivity contribution in [1.29, 1.82) is 0 Å². The third-order valence-electron chi connectivity index (χ3n) is 4.42. The topological polar surface area (TPSA) is 67.4 Å². The number of benzene rings is 3. The Balaban J connectivity index is 1.52. The Morgan fingerprint density at radius 1 is 0.909 bits per heavy atom. The molecule has 2 amide bonds. The number of ether oxygens (including phenoxy) is 1. The van der Waals surface area contributed by atoms with Crippen LogP contribution in [0.15, 0.2) is 83.8 Å². The third kappa shape index (κ3) is 7.28. The van der Waals surface area contributed by atoms with Crippen molar-refractivity contribution >= 4 is 35.0 Å². The largest absolute Gasteiger partial charge is 0.484 e. The molecule has 0 saturated heterocycles. The summed E-state index contributed by atoms with van der Waals surface area (Å²) >= 11 is 1.19. The quantitative estimate of drug-likeness (QED) is 0.403. The lowest BCUT2D eigenvalue weighted by atomic mass is 10.1. The molecule has 9 heteroatoms. The first-order chi connectivity index (χ1) is 15.7. The minimum absolute atomic E-state index is 0.142. The van der Waals surface area contributed by atoms with E-state index in [0.717, 1.165) is 11.0 Å². The van der Waals surface area contributed by atoms with Crippen LogP contribution in [0.2, 0.25) is 0 Å². The predicted molar refractivity (Wildman–Crippen MR) is 122 cm³/mol. The van der Waals surface area contributed by atoms with Crippen LogP contribution in [0.4, 0.5) is 24.5 Å². The molecule has 172 valence electrons. The first-order valence-corrected chi connectivity index (χ1v) is 10.8. The first kappa shape index (κ1) is 24.2. The van der Waals surface area contributed by atoms with Gasteiger partial charge in [0.1, 0.15) is 5.75 Å². The molecule has 3 aromatic carbocycles. The van der Waals surface area contributed by atoms with Gasteiger partial charge in [-0.1, -0.05) is 30.3 Å². The molecule has 0 bridgehead atoms. The Morgan fingerprint density at radius 3 is 2.21 bits per heavy atom. The molecule has 3 aromatic rings. The maximum Gasteiger partial charge on any atom is 0.418 e. The number of nitrogens with one attached hydrogen (secondary N) is 2. The molecule has 33 heavy (non-hydrogen) atoms. The van der Waals surface area contributed by atoms with E-state index >= 15 is 0 Å². The van der Waals surface area contributed by atoms with Crippen molar-refractivity contribution in [3.63, 3.8) is 0 Å². The number of alkyl halides is 3. The summed E-state index contributed by atoms with van der Waals surface area (Å²) in [5.41, 5.74) is -0.623. The Bertz CT molecular complexity index is 1090. The molecule has 0 aliphatic heterocycles. The van der Waals surface area contributed by atoms with E-state index in [1.54, 1.807) is 55.5 Å². The van der Waals surface area contributed by atoms with Gasteiger partial charge in [-0.25, -0.2) is 0 Å². The highest BCUT2D eigenvalue weighted by Crippen LogP contribution is 2.35. The molecule has 5 nitrogen and oxygen atoms in total. The fourth-order valence-electron chi connectivity index (χ4n) is 2.81. The van der Waals surface area contributed by atoms with Crippen LogP contribution in [0.25, 0.3) is 0 Å². The molecule has 1 atom stereocenters. The highest BCUT2D eigenvalue weighted by Gasteiger charge is 2.33. The summed E-state index contributed by atoms with van der Waals surface area (Å²) in [6, 6.07) is 20.6. The summed E-state index contributed by atoms with van der Waals surface area (Å²) < 4.78 is 44.7. The maximum atomic E-state index is 13.1. The van der Waals surface area contributed by atoms with Gasteiger partial charge in [0.15, 0.2) is 6.61 Å². The number of thioether (sulfide) groups is 1. The molecule has 1 unspecified atom stereocenters. The van der Waals surface area contributed by atoms with Gasteiger partial charge < -0.3 is 15.4 Å². The van der Waals surface area contributed by atoms with Gasteiger partial charge in [0.2, 0.25) is 5.91 Å². The van der Waals surface area contributed by atoms with Crippen LogP contribution in [-0.4, -0.2) is 23.7 Å². The minimum atomic E-state index is -4.56. The average molecular weight is 475 g/mol. The van der Waals surface area contributed by atoms with Crippen LogP contribution >= 0.6 is 11.8 Å². The van der Waals surface area contributed by atoms with Gasteiger partial charge in [-0.05, 0) is 55.5 Å². The van der Waals surface area contributed by atoms with Crippen molar-refractivity contribution in [2.24, 2.45) is 0 Å². The van der Waals surface area contributed by atoms with Crippen molar-refractivity contribution in [1.82, 2.24) is 0 Å². The van der Waals surface area contributed by atoms with Crippen LogP contribution in [0.1, 0.15) is 12.5 Å². The Labute approximate surface area is 193 Å². The predicted octanol–water partition coefficient (Wildman–Crippen LogP) is 5.84. The first-order valence-electron chi connectivity index (χ1n) is 9.94. The van der Waals surface area contributed by atoms with E-state index in [1.807, 2.05) is 6.07 Å². The second kappa shape index (κ2) is 10.9. The highest BCUT2D eigenvalue weighted by atomic mass is 32.2. The van der Waals surface area contributed by atoms with Crippen molar-refractivity contribution in [2.45, 2.75) is 23.2 Å². The molecule has 0 aromatic heterocycles. The van der Waals surface area contributed by atoms with Crippen molar-refractivity contribution in [2.75, 3.05) is 17.2 Å². The number of hydrogen-bond donors (Lipinski definition) is 2. The van der Waals surface area contributed by atoms with Gasteiger partial charge in [0.05, 0.1) is 16.5 Å². The lowest BCUT2D eigenvalue weighted by Gasteiger charge is -2.16. The lowest BCUT2D eigenvalue weighted by Crippen LogP contribution is -2.24. The number of amides is 2. The van der Waals surface area contributed by atoms with Crippen molar-refractivity contribution < 1.29 is 27.5 Å². The summed E-state index contributed by atoms with van der Waals surface area (Å²) in [6.07, 6.45) is -4.56. The Kier molecular flexibility index (Phi) is 8.00. The third-order valence-corrected chi connectivity index (χ3v) is 5.54. The summed E-state index contributed by atoms with van der Waals surface area (Å²) in [5.74, 6) is -0.285. The van der Waals surface area contributed by atoms with Crippen LogP contribution in [0.5, 0.6) is 5.75 Å². The molecule has 0 heterocycles. The number of hydrogen-bond acceptors (Lipinski definition) is 4. The minimum Gasteiger partial charge on any atom is -0.484 e. The molecular formula is C24H21F3N2O3S. The normalized spacial score (nSPS) is 12.0. The van der Waals surface area contributed by atoms with Gasteiger partial charge >= 0.3 is 6.18 Å². The Hall–Kier alpha value is -3.46. The zero-order valence-corrected chi connectivity index (χ0v) is 18.4. The average Bonchev–Trinajstić information content (AvgIpc) is 2.79. The number of carbonyl (C=O) groups is 2. The monoisotopic (exact) mass is 474 g/mol. The second-order valence-electron chi connectivity index (χ2n) is 6.97. The maximum absolute atomic E-state index is 13.1. The van der Waals surface area contributed by atoms with E-state index in [0.29, 0.717) is 11.4 Å². The molecule has 0 aliphatic rings. The molecule has 0 spiro atoms. The summed E-state index contributed by atoms with van der Waals surface area (Å²) in [5, 5.41) is 4.41. The van der Waals surface area contributed by atoms with E-state index in [2.05, 4.69) is 10.6 Å². The zero-order chi connectivity index (χ0) is 23.8. The van der Waals surface area contributed by atoms with E-state index < -0.39 is 22.9 Å². The Morgan fingerprint density at radius 2 is 1.55 bits per heavy atom. The molecule has 2 N–H and O–H groups in total. The van der Waals surface area contributed by atoms with Crippen molar-refractivity contribution in [3.05, 3.63) is 84.4 Å². The fraction of sp³-hybridized carbons (Fsp3) is 0.167. The van der Waals surface area contributed by atoms with Gasteiger partial charge in [0, 0.05) is 10.6 Å². The van der Waals surface area contributed by atoms with Crippen molar-refractivity contribution in [3.8, 4) is 5.75 Å². The lowest BCUT2D eigenvalue weighted by molar-refractivity contribution is -0.137. The van der Waals surface area contributed by atoms with E-state index in [-0.39, 0.29) is 18.2 Å². The SMILES string of the molecule is CC(Sc1ccc(NC(=O)COc2ccccc2)cc1)C(=O)Nc1ccccc1C(F)(F)F. The van der Waals surface area contributed by atoms with E-state index in [9.17, 15) is 22.8 Å².